The van der Waals surface area contributed by atoms with Crippen molar-refractivity contribution in [1.82, 2.24) is 4.90 Å². The van der Waals surface area contributed by atoms with Crippen molar-refractivity contribution in [2.75, 3.05) is 25.6 Å². The number of aliphatic hydroxyl groups is 1. The van der Waals surface area contributed by atoms with Gasteiger partial charge in [0.25, 0.3) is 5.91 Å². The van der Waals surface area contributed by atoms with E-state index in [9.17, 15) is 15.0 Å². The summed E-state index contributed by atoms with van der Waals surface area (Å²) >= 11 is 0. The highest BCUT2D eigenvalue weighted by molar-refractivity contribution is 6.02. The number of anilines is 1. The number of rotatable bonds is 1. The number of hydrogen-bond donors (Lipinski definition) is 2. The summed E-state index contributed by atoms with van der Waals surface area (Å²) in [4.78, 5) is 16.0. The number of aromatic hydroxyl groups is 1. The number of phenols is 1. The van der Waals surface area contributed by atoms with Gasteiger partial charge in [-0.15, -0.1) is 0 Å². The summed E-state index contributed by atoms with van der Waals surface area (Å²) in [6, 6.07) is 2.64. The van der Waals surface area contributed by atoms with Crippen LogP contribution in [0.4, 0.5) is 5.69 Å². The Labute approximate surface area is 122 Å². The highest BCUT2D eigenvalue weighted by Gasteiger charge is 2.42. The Hall–Kier alpha value is -2.21. The molecule has 1 unspecified atom stereocenters. The lowest BCUT2D eigenvalue weighted by Crippen LogP contribution is -2.47. The van der Waals surface area contributed by atoms with Gasteiger partial charge in [0, 0.05) is 19.7 Å². The first-order valence-electron chi connectivity index (χ1n) is 6.73. The van der Waals surface area contributed by atoms with Crippen molar-refractivity contribution in [3.63, 3.8) is 0 Å². The number of methoxy groups -OCH3 is 1. The molecule has 21 heavy (non-hydrogen) atoms. The molecule has 6 nitrogen and oxygen atoms in total. The standard InChI is InChI=1S/C15H18N2O4/c1-8-4-11-15(20)16(2)10-6-12(18)13(21-3)5-9(10)14(19)17(11)7-8/h5-6,11,15,18,20H,1,4,7H2,2-3H3/t11-,15?/m0/s1. The Bertz CT molecular complexity index is 628. The fourth-order valence-electron chi connectivity index (χ4n) is 3.06. The molecule has 2 N–H and O–H groups in total. The van der Waals surface area contributed by atoms with Crippen LogP contribution in [0.15, 0.2) is 24.3 Å². The Kier molecular flexibility index (Phi) is 3.06. The summed E-state index contributed by atoms with van der Waals surface area (Å²) < 4.78 is 5.08. The number of phenolic OH excluding ortho intramolecular Hbond substituents is 1. The lowest BCUT2D eigenvalue weighted by atomic mass is 10.1. The molecule has 2 atom stereocenters. The summed E-state index contributed by atoms with van der Waals surface area (Å²) in [6.07, 6.45) is -0.267. The molecule has 2 aliphatic heterocycles. The van der Waals surface area contributed by atoms with E-state index < -0.39 is 6.23 Å². The number of carbonyl (C=O) groups is 1. The van der Waals surface area contributed by atoms with E-state index in [0.29, 0.717) is 24.2 Å². The Balaban J connectivity index is 2.17. The van der Waals surface area contributed by atoms with E-state index in [1.165, 1.54) is 19.2 Å². The molecule has 0 radical (unpaired) electrons. The van der Waals surface area contributed by atoms with Crippen molar-refractivity contribution in [3.8, 4) is 11.5 Å². The van der Waals surface area contributed by atoms with Gasteiger partial charge in [0.1, 0.15) is 6.23 Å². The molecular weight excluding hydrogens is 272 g/mol. The van der Waals surface area contributed by atoms with Crippen molar-refractivity contribution >= 4 is 11.6 Å². The molecule has 6 heteroatoms. The third-order valence-electron chi connectivity index (χ3n) is 4.20. The smallest absolute Gasteiger partial charge is 0.256 e. The summed E-state index contributed by atoms with van der Waals surface area (Å²) in [5.74, 6) is -0.00798. The van der Waals surface area contributed by atoms with Crippen LogP contribution in [0.25, 0.3) is 0 Å². The monoisotopic (exact) mass is 290 g/mol. The predicted octanol–water partition coefficient (Wildman–Crippen LogP) is 0.940. The maximum Gasteiger partial charge on any atom is 0.256 e. The van der Waals surface area contributed by atoms with Gasteiger partial charge in [-0.3, -0.25) is 4.79 Å². The fourth-order valence-corrected chi connectivity index (χ4v) is 3.06. The lowest BCUT2D eigenvalue weighted by molar-refractivity contribution is 0.0527. The van der Waals surface area contributed by atoms with E-state index in [1.54, 1.807) is 16.8 Å². The third kappa shape index (κ3) is 1.94. The molecular formula is C15H18N2O4. The maximum absolute atomic E-state index is 12.7. The second kappa shape index (κ2) is 4.66. The highest BCUT2D eigenvalue weighted by atomic mass is 16.5. The zero-order valence-electron chi connectivity index (χ0n) is 12.0. The molecule has 1 aromatic rings. The number of ether oxygens (including phenoxy) is 1. The molecule has 0 aromatic heterocycles. The summed E-state index contributed by atoms with van der Waals surface area (Å²) in [5.41, 5.74) is 1.82. The molecule has 2 heterocycles. The Morgan fingerprint density at radius 1 is 1.43 bits per heavy atom. The average molecular weight is 290 g/mol. The number of amides is 1. The normalized spacial score (nSPS) is 24.7. The first-order chi connectivity index (χ1) is 9.93. The second-order valence-corrected chi connectivity index (χ2v) is 5.52. The minimum atomic E-state index is -0.845. The van der Waals surface area contributed by atoms with Gasteiger partial charge in [-0.05, 0) is 12.5 Å². The fraction of sp³-hybridized carbons (Fsp3) is 0.400. The van der Waals surface area contributed by atoms with E-state index in [-0.39, 0.29) is 23.4 Å². The molecule has 0 aliphatic carbocycles. The summed E-state index contributed by atoms with van der Waals surface area (Å²) in [5, 5.41) is 20.4. The van der Waals surface area contributed by atoms with Gasteiger partial charge < -0.3 is 24.7 Å². The number of fused-ring (bicyclic) bond motifs is 2. The summed E-state index contributed by atoms with van der Waals surface area (Å²) in [6.45, 7) is 4.36. The Morgan fingerprint density at radius 2 is 2.14 bits per heavy atom. The van der Waals surface area contributed by atoms with Gasteiger partial charge in [-0.25, -0.2) is 0 Å². The van der Waals surface area contributed by atoms with Gasteiger partial charge in [-0.1, -0.05) is 12.2 Å². The van der Waals surface area contributed by atoms with Crippen LogP contribution < -0.4 is 9.64 Å². The first kappa shape index (κ1) is 13.8. The molecule has 1 fully saturated rings. The second-order valence-electron chi connectivity index (χ2n) is 5.52. The number of aliphatic hydroxyl groups excluding tert-OH is 1. The van der Waals surface area contributed by atoms with Crippen LogP contribution in [0.3, 0.4) is 0 Å². The van der Waals surface area contributed by atoms with Crippen LogP contribution >= 0.6 is 0 Å². The molecule has 0 spiro atoms. The van der Waals surface area contributed by atoms with Gasteiger partial charge in [0.2, 0.25) is 0 Å². The number of carbonyl (C=O) groups excluding carboxylic acids is 1. The first-order valence-corrected chi connectivity index (χ1v) is 6.73. The average Bonchev–Trinajstić information content (AvgIpc) is 2.83. The van der Waals surface area contributed by atoms with Gasteiger partial charge >= 0.3 is 0 Å². The minimum absolute atomic E-state index is 0.0606. The van der Waals surface area contributed by atoms with Crippen molar-refractivity contribution in [3.05, 3.63) is 29.8 Å². The minimum Gasteiger partial charge on any atom is -0.504 e. The number of nitrogens with zero attached hydrogens (tertiary/aromatic N) is 2. The van der Waals surface area contributed by atoms with Crippen LogP contribution in [0.1, 0.15) is 16.8 Å². The van der Waals surface area contributed by atoms with E-state index in [0.717, 1.165) is 5.57 Å². The number of likely N-dealkylation sites (N-methyl/N-ethyl adjacent to an activating group) is 1. The molecule has 2 aliphatic rings. The van der Waals surface area contributed by atoms with E-state index in [4.69, 9.17) is 4.74 Å². The molecule has 1 aromatic carbocycles. The van der Waals surface area contributed by atoms with Gasteiger partial charge in [0.05, 0.1) is 24.4 Å². The zero-order valence-corrected chi connectivity index (χ0v) is 12.0. The molecule has 3 rings (SSSR count). The molecule has 1 amide bonds. The van der Waals surface area contributed by atoms with Crippen molar-refractivity contribution < 1.29 is 19.7 Å². The lowest BCUT2D eigenvalue weighted by Gasteiger charge is -2.30. The number of benzene rings is 1. The quantitative estimate of drug-likeness (QED) is 0.753. The van der Waals surface area contributed by atoms with Crippen LogP contribution in [0.5, 0.6) is 11.5 Å². The zero-order chi connectivity index (χ0) is 15.3. The van der Waals surface area contributed by atoms with Gasteiger partial charge in [-0.2, -0.15) is 0 Å². The van der Waals surface area contributed by atoms with E-state index >= 15 is 0 Å². The van der Waals surface area contributed by atoms with Crippen molar-refractivity contribution in [1.29, 1.82) is 0 Å². The molecule has 112 valence electrons. The van der Waals surface area contributed by atoms with Crippen LogP contribution in [0.2, 0.25) is 0 Å². The predicted molar refractivity (Wildman–Crippen MR) is 77.7 cm³/mol. The number of hydrogen-bond acceptors (Lipinski definition) is 5. The van der Waals surface area contributed by atoms with Gasteiger partial charge in [0.15, 0.2) is 11.5 Å². The van der Waals surface area contributed by atoms with Crippen molar-refractivity contribution in [2.24, 2.45) is 0 Å². The van der Waals surface area contributed by atoms with Crippen LogP contribution in [-0.2, 0) is 0 Å². The maximum atomic E-state index is 12.7. The van der Waals surface area contributed by atoms with Crippen LogP contribution in [0, 0.1) is 0 Å². The largest absolute Gasteiger partial charge is 0.504 e. The molecule has 0 saturated carbocycles. The third-order valence-corrected chi connectivity index (χ3v) is 4.20. The Morgan fingerprint density at radius 3 is 2.81 bits per heavy atom. The molecule has 1 saturated heterocycles. The SMILES string of the molecule is C=C1C[C@H]2C(O)N(C)c3cc(O)c(OC)cc3C(=O)N2C1. The highest BCUT2D eigenvalue weighted by Crippen LogP contribution is 2.40. The topological polar surface area (TPSA) is 73.2 Å². The van der Waals surface area contributed by atoms with E-state index in [2.05, 4.69) is 6.58 Å². The van der Waals surface area contributed by atoms with Crippen LogP contribution in [-0.4, -0.2) is 54.0 Å². The van der Waals surface area contributed by atoms with E-state index in [1.807, 2.05) is 0 Å². The summed E-state index contributed by atoms with van der Waals surface area (Å²) in [7, 11) is 3.13. The molecule has 0 bridgehead atoms. The van der Waals surface area contributed by atoms with Crippen molar-refractivity contribution in [2.45, 2.75) is 18.7 Å².